The Morgan fingerprint density at radius 2 is 2.00 bits per heavy atom. The van der Waals surface area contributed by atoms with Gasteiger partial charge >= 0.3 is 0 Å². The molecule has 0 saturated carbocycles. The first-order valence-electron chi connectivity index (χ1n) is 5.32. The summed E-state index contributed by atoms with van der Waals surface area (Å²) in [5.41, 5.74) is 0.783. The van der Waals surface area contributed by atoms with Gasteiger partial charge in [0.15, 0.2) is 5.82 Å². The van der Waals surface area contributed by atoms with Gasteiger partial charge in [0.2, 0.25) is 5.88 Å². The van der Waals surface area contributed by atoms with Crippen LogP contribution in [-0.4, -0.2) is 19.6 Å². The summed E-state index contributed by atoms with van der Waals surface area (Å²) < 4.78 is 1.77. The number of pyridine rings is 1. The van der Waals surface area contributed by atoms with Crippen LogP contribution in [0.4, 0.5) is 0 Å². The molecule has 0 aliphatic carbocycles. The van der Waals surface area contributed by atoms with Crippen LogP contribution in [0.1, 0.15) is 0 Å². The van der Waals surface area contributed by atoms with E-state index in [0.717, 1.165) is 16.5 Å². The van der Waals surface area contributed by atoms with Gasteiger partial charge in [-0.15, -0.1) is 0 Å². The van der Waals surface area contributed by atoms with E-state index in [-0.39, 0.29) is 5.88 Å². The molecule has 84 valence electrons. The maximum absolute atomic E-state index is 9.41. The molecule has 0 atom stereocenters. The maximum atomic E-state index is 9.41. The monoisotopic (exact) mass is 225 g/mol. The number of hydrogen-bond donors (Lipinski definition) is 1. The summed E-state index contributed by atoms with van der Waals surface area (Å²) in [5, 5.41) is 11.5. The van der Waals surface area contributed by atoms with Crippen LogP contribution in [0.2, 0.25) is 0 Å². The van der Waals surface area contributed by atoms with Crippen molar-refractivity contribution in [3.05, 3.63) is 42.7 Å². The molecular weight excluding hydrogens is 214 g/mol. The predicted molar refractivity (Wildman–Crippen MR) is 65.6 cm³/mol. The fraction of sp³-hybridized carbons (Fsp3) is 0.0769. The summed E-state index contributed by atoms with van der Waals surface area (Å²) in [6, 6.07) is 9.95. The predicted octanol–water partition coefficient (Wildman–Crippen LogP) is 2.34. The molecule has 0 aliphatic rings. The van der Waals surface area contributed by atoms with Crippen LogP contribution in [0.3, 0.4) is 0 Å². The lowest BCUT2D eigenvalue weighted by Crippen LogP contribution is -1.94. The van der Waals surface area contributed by atoms with Gasteiger partial charge in [0.05, 0.1) is 6.20 Å². The van der Waals surface area contributed by atoms with Crippen LogP contribution in [0, 0.1) is 0 Å². The van der Waals surface area contributed by atoms with Gasteiger partial charge in [-0.1, -0.05) is 24.3 Å². The molecule has 3 rings (SSSR count). The van der Waals surface area contributed by atoms with Crippen molar-refractivity contribution in [3.63, 3.8) is 0 Å². The van der Waals surface area contributed by atoms with Crippen LogP contribution >= 0.6 is 0 Å². The zero-order valence-corrected chi connectivity index (χ0v) is 9.33. The van der Waals surface area contributed by atoms with E-state index in [1.807, 2.05) is 37.4 Å². The zero-order chi connectivity index (χ0) is 11.8. The molecule has 0 saturated heterocycles. The molecule has 0 aliphatic heterocycles. The highest BCUT2D eigenvalue weighted by molar-refractivity contribution is 5.92. The average Bonchev–Trinajstić information content (AvgIpc) is 2.68. The number of aromatic hydroxyl groups is 1. The summed E-state index contributed by atoms with van der Waals surface area (Å²) in [4.78, 5) is 8.44. The maximum Gasteiger partial charge on any atom is 0.229 e. The largest absolute Gasteiger partial charge is 0.492 e. The van der Waals surface area contributed by atoms with E-state index in [0.29, 0.717) is 5.82 Å². The molecule has 2 aromatic heterocycles. The van der Waals surface area contributed by atoms with Crippen LogP contribution in [-0.2, 0) is 7.05 Å². The Kier molecular flexibility index (Phi) is 2.08. The van der Waals surface area contributed by atoms with Crippen molar-refractivity contribution in [2.45, 2.75) is 0 Å². The zero-order valence-electron chi connectivity index (χ0n) is 9.33. The second-order valence-corrected chi connectivity index (χ2v) is 3.91. The fourth-order valence-corrected chi connectivity index (χ4v) is 1.97. The van der Waals surface area contributed by atoms with E-state index in [1.165, 1.54) is 0 Å². The first kappa shape index (κ1) is 9.84. The molecular formula is C13H11N3O. The summed E-state index contributed by atoms with van der Waals surface area (Å²) in [6.07, 6.45) is 3.32. The molecule has 0 bridgehead atoms. The van der Waals surface area contributed by atoms with Crippen molar-refractivity contribution >= 4 is 10.8 Å². The standard InChI is InChI=1S/C13H11N3O/c1-16-8-11(17)15-13(16)12-10-5-3-2-4-9(10)6-7-14-12/h2-8,17H,1H3. The fourth-order valence-electron chi connectivity index (χ4n) is 1.97. The minimum absolute atomic E-state index is 0.0113. The molecule has 2 heterocycles. The van der Waals surface area contributed by atoms with Gasteiger partial charge in [-0.2, -0.15) is 4.98 Å². The number of aromatic nitrogens is 3. The molecule has 4 nitrogen and oxygen atoms in total. The van der Waals surface area contributed by atoms with E-state index in [9.17, 15) is 5.11 Å². The third-order valence-corrected chi connectivity index (χ3v) is 2.75. The van der Waals surface area contributed by atoms with Crippen molar-refractivity contribution in [2.75, 3.05) is 0 Å². The lowest BCUT2D eigenvalue weighted by molar-refractivity contribution is 0.456. The number of fused-ring (bicyclic) bond motifs is 1. The Hall–Kier alpha value is -2.36. The minimum Gasteiger partial charge on any atom is -0.492 e. The third-order valence-electron chi connectivity index (χ3n) is 2.75. The van der Waals surface area contributed by atoms with Crippen molar-refractivity contribution < 1.29 is 5.11 Å². The lowest BCUT2D eigenvalue weighted by Gasteiger charge is -2.04. The van der Waals surface area contributed by atoms with Crippen LogP contribution in [0.15, 0.2) is 42.7 Å². The van der Waals surface area contributed by atoms with E-state index >= 15 is 0 Å². The Morgan fingerprint density at radius 1 is 1.18 bits per heavy atom. The molecule has 0 unspecified atom stereocenters. The van der Waals surface area contributed by atoms with Crippen LogP contribution in [0.25, 0.3) is 22.3 Å². The molecule has 0 fully saturated rings. The summed E-state index contributed by atoms with van der Waals surface area (Å²) in [5.74, 6) is 0.677. The summed E-state index contributed by atoms with van der Waals surface area (Å²) >= 11 is 0. The van der Waals surface area contributed by atoms with Gasteiger partial charge in [-0.3, -0.25) is 4.98 Å². The van der Waals surface area contributed by atoms with Gasteiger partial charge < -0.3 is 9.67 Å². The number of aryl methyl sites for hydroxylation is 1. The molecule has 1 aromatic carbocycles. The molecule has 4 heteroatoms. The number of rotatable bonds is 1. The highest BCUT2D eigenvalue weighted by Gasteiger charge is 2.11. The Balaban J connectivity index is 2.34. The number of benzene rings is 1. The van der Waals surface area contributed by atoms with E-state index < -0.39 is 0 Å². The minimum atomic E-state index is 0.0113. The normalized spacial score (nSPS) is 10.9. The molecule has 1 N–H and O–H groups in total. The van der Waals surface area contributed by atoms with Crippen molar-refractivity contribution in [1.29, 1.82) is 0 Å². The Labute approximate surface area is 98.2 Å². The second-order valence-electron chi connectivity index (χ2n) is 3.91. The molecule has 0 amide bonds. The smallest absolute Gasteiger partial charge is 0.229 e. The van der Waals surface area contributed by atoms with Crippen molar-refractivity contribution in [3.8, 4) is 17.4 Å². The van der Waals surface area contributed by atoms with Crippen molar-refractivity contribution in [2.24, 2.45) is 7.05 Å². The first-order valence-corrected chi connectivity index (χ1v) is 5.32. The van der Waals surface area contributed by atoms with Crippen LogP contribution in [0.5, 0.6) is 5.88 Å². The third kappa shape index (κ3) is 1.54. The lowest BCUT2D eigenvalue weighted by atomic mass is 10.1. The van der Waals surface area contributed by atoms with Crippen molar-refractivity contribution in [1.82, 2.24) is 14.5 Å². The highest BCUT2D eigenvalue weighted by Crippen LogP contribution is 2.26. The quantitative estimate of drug-likeness (QED) is 0.691. The summed E-state index contributed by atoms with van der Waals surface area (Å²) in [7, 11) is 1.84. The Morgan fingerprint density at radius 3 is 2.76 bits per heavy atom. The van der Waals surface area contributed by atoms with Crippen LogP contribution < -0.4 is 0 Å². The Bertz CT molecular complexity index is 683. The highest BCUT2D eigenvalue weighted by atomic mass is 16.3. The van der Waals surface area contributed by atoms with Gasteiger partial charge in [0.1, 0.15) is 5.69 Å². The van der Waals surface area contributed by atoms with Gasteiger partial charge in [-0.25, -0.2) is 0 Å². The SMILES string of the molecule is Cn1cc(O)nc1-c1nccc2ccccc12. The number of imidazole rings is 1. The first-order chi connectivity index (χ1) is 8.25. The summed E-state index contributed by atoms with van der Waals surface area (Å²) in [6.45, 7) is 0. The topological polar surface area (TPSA) is 50.9 Å². The van der Waals surface area contributed by atoms with E-state index in [4.69, 9.17) is 0 Å². The molecule has 0 spiro atoms. The van der Waals surface area contributed by atoms with Gasteiger partial charge in [0.25, 0.3) is 0 Å². The van der Waals surface area contributed by atoms with Gasteiger partial charge in [-0.05, 0) is 11.5 Å². The molecule has 17 heavy (non-hydrogen) atoms. The average molecular weight is 225 g/mol. The van der Waals surface area contributed by atoms with E-state index in [1.54, 1.807) is 17.0 Å². The number of nitrogens with zero attached hydrogens (tertiary/aromatic N) is 3. The molecule has 3 aromatic rings. The number of hydrogen-bond acceptors (Lipinski definition) is 3. The molecule has 0 radical (unpaired) electrons. The van der Waals surface area contributed by atoms with E-state index in [2.05, 4.69) is 9.97 Å². The second kappa shape index (κ2) is 3.59. The van der Waals surface area contributed by atoms with Gasteiger partial charge in [0, 0.05) is 18.6 Å².